The minimum Gasteiger partial charge on any atom is -0.272 e. The number of aromatic nitrogens is 2. The molecule has 1 saturated heterocycles. The van der Waals surface area contributed by atoms with Crippen molar-refractivity contribution in [2.45, 2.75) is 19.4 Å². The van der Waals surface area contributed by atoms with Gasteiger partial charge in [-0.05, 0) is 19.4 Å². The molecule has 2 heterocycles. The Labute approximate surface area is 154 Å². The number of anilines is 1. The highest BCUT2D eigenvalue weighted by Gasteiger charge is 2.31. The zero-order valence-corrected chi connectivity index (χ0v) is 15.4. The van der Waals surface area contributed by atoms with Gasteiger partial charge >= 0.3 is 0 Å². The first-order valence-corrected chi connectivity index (χ1v) is 9.96. The molecule has 0 saturated carbocycles. The summed E-state index contributed by atoms with van der Waals surface area (Å²) < 4.78 is 24.8. The fraction of sp³-hybridized carbons (Fsp3) is 0.333. The van der Waals surface area contributed by atoms with Gasteiger partial charge in [-0.25, -0.2) is 13.1 Å². The van der Waals surface area contributed by atoms with Gasteiger partial charge in [-0.15, -0.1) is 0 Å². The lowest BCUT2D eigenvalue weighted by Gasteiger charge is -2.09. The average molecular weight is 398 g/mol. The molecule has 0 unspecified atom stereocenters. The summed E-state index contributed by atoms with van der Waals surface area (Å²) in [4.78, 5) is 10.5. The Morgan fingerprint density at radius 2 is 2.19 bits per heavy atom. The molecule has 1 aliphatic rings. The number of nitro benzene ring substituents is 1. The lowest BCUT2D eigenvalue weighted by Crippen LogP contribution is -2.12. The first-order chi connectivity index (χ1) is 12.3. The second-order valence-corrected chi connectivity index (χ2v) is 8.52. The molecule has 0 spiro atoms. The number of hydrogen-bond acceptors (Lipinski definition) is 7. The Bertz CT molecular complexity index is 986. The predicted octanol–water partition coefficient (Wildman–Crippen LogP) is 2.56. The molecule has 0 amide bonds. The number of benzene rings is 1. The van der Waals surface area contributed by atoms with Gasteiger partial charge in [0.25, 0.3) is 5.69 Å². The Morgan fingerprint density at radius 1 is 1.46 bits per heavy atom. The van der Waals surface area contributed by atoms with E-state index in [4.69, 9.17) is 11.6 Å². The molecule has 2 aromatic rings. The molecule has 1 aromatic heterocycles. The smallest absolute Gasteiger partial charge is 0.272 e. The number of hydrazone groups is 1. The average Bonchev–Trinajstić information content (AvgIpc) is 3.08. The summed E-state index contributed by atoms with van der Waals surface area (Å²) in [5.41, 5.74) is 3.89. The summed E-state index contributed by atoms with van der Waals surface area (Å²) in [6, 6.07) is 5.83. The summed E-state index contributed by atoms with van der Waals surface area (Å²) in [6.07, 6.45) is 1.88. The largest absolute Gasteiger partial charge is 0.294 e. The standard InChI is InChI=1S/C15H16ClN5O4S/c1-10-12(8-17-18-13-4-2-3-5-14(13)21(22)23)15(16)20(19-10)11-6-7-26(24,25)9-11/h2-5,8,11,18H,6-7,9H2,1H3/b17-8-/t11-/m0/s1. The van der Waals surface area contributed by atoms with Gasteiger partial charge < -0.3 is 0 Å². The molecule has 3 rings (SSSR count). The third kappa shape index (κ3) is 3.70. The van der Waals surface area contributed by atoms with Gasteiger partial charge in [0.05, 0.1) is 39.9 Å². The van der Waals surface area contributed by atoms with Crippen molar-refractivity contribution in [1.82, 2.24) is 9.78 Å². The molecule has 1 N–H and O–H groups in total. The van der Waals surface area contributed by atoms with Crippen LogP contribution in [0.4, 0.5) is 11.4 Å². The monoisotopic (exact) mass is 397 g/mol. The van der Waals surface area contributed by atoms with E-state index in [1.54, 1.807) is 19.1 Å². The minimum absolute atomic E-state index is 0.0128. The summed E-state index contributed by atoms with van der Waals surface area (Å²) in [6.45, 7) is 1.73. The number of hydrogen-bond donors (Lipinski definition) is 1. The predicted molar refractivity (Wildman–Crippen MR) is 98.6 cm³/mol. The highest BCUT2D eigenvalue weighted by molar-refractivity contribution is 7.91. The number of para-hydroxylation sites is 2. The highest BCUT2D eigenvalue weighted by atomic mass is 35.5. The van der Waals surface area contributed by atoms with E-state index in [0.29, 0.717) is 17.7 Å². The van der Waals surface area contributed by atoms with Crippen molar-refractivity contribution in [3.8, 4) is 0 Å². The fourth-order valence-corrected chi connectivity index (χ4v) is 4.84. The van der Waals surface area contributed by atoms with E-state index in [9.17, 15) is 18.5 Å². The maximum atomic E-state index is 11.7. The first kappa shape index (κ1) is 18.3. The van der Waals surface area contributed by atoms with Gasteiger partial charge in [0.15, 0.2) is 9.84 Å². The number of aryl methyl sites for hydroxylation is 1. The van der Waals surface area contributed by atoms with E-state index >= 15 is 0 Å². The second kappa shape index (κ2) is 7.04. The van der Waals surface area contributed by atoms with Crippen LogP contribution in [0.15, 0.2) is 29.4 Å². The molecule has 0 aliphatic carbocycles. The van der Waals surface area contributed by atoms with Gasteiger partial charge in [0, 0.05) is 6.07 Å². The van der Waals surface area contributed by atoms with Gasteiger partial charge in [0.1, 0.15) is 10.8 Å². The molecule has 0 bridgehead atoms. The molecule has 1 atom stereocenters. The number of nitrogens with one attached hydrogen (secondary N) is 1. The van der Waals surface area contributed by atoms with E-state index in [1.165, 1.54) is 23.0 Å². The molecule has 138 valence electrons. The second-order valence-electron chi connectivity index (χ2n) is 5.94. The molecule has 1 aromatic carbocycles. The maximum absolute atomic E-state index is 11.7. The molecular weight excluding hydrogens is 382 g/mol. The first-order valence-electron chi connectivity index (χ1n) is 7.76. The topological polar surface area (TPSA) is 119 Å². The van der Waals surface area contributed by atoms with Crippen LogP contribution < -0.4 is 5.43 Å². The normalized spacial score (nSPS) is 19.1. The molecular formula is C15H16ClN5O4S. The van der Waals surface area contributed by atoms with Crippen molar-refractivity contribution in [1.29, 1.82) is 0 Å². The number of rotatable bonds is 5. The van der Waals surface area contributed by atoms with Crippen molar-refractivity contribution in [3.05, 3.63) is 50.8 Å². The molecule has 1 fully saturated rings. The van der Waals surface area contributed by atoms with Crippen molar-refractivity contribution >= 4 is 39.0 Å². The maximum Gasteiger partial charge on any atom is 0.294 e. The molecule has 9 nitrogen and oxygen atoms in total. The quantitative estimate of drug-likeness (QED) is 0.470. The summed E-state index contributed by atoms with van der Waals surface area (Å²) in [5.74, 6) is 0.133. The van der Waals surface area contributed by atoms with E-state index in [1.807, 2.05) is 0 Å². The van der Waals surface area contributed by atoms with E-state index in [-0.39, 0.29) is 34.1 Å². The molecule has 26 heavy (non-hydrogen) atoms. The number of nitro groups is 1. The number of halogens is 1. The summed E-state index contributed by atoms with van der Waals surface area (Å²) in [5, 5.41) is 19.6. The summed E-state index contributed by atoms with van der Waals surface area (Å²) in [7, 11) is -3.06. The van der Waals surface area contributed by atoms with Crippen molar-refractivity contribution in [2.75, 3.05) is 16.9 Å². The van der Waals surface area contributed by atoms with E-state index in [0.717, 1.165) is 0 Å². The van der Waals surface area contributed by atoms with Crippen LogP contribution in [0.2, 0.25) is 5.15 Å². The Balaban J connectivity index is 1.81. The third-order valence-corrected chi connectivity index (χ3v) is 6.23. The lowest BCUT2D eigenvalue weighted by atomic mass is 10.2. The van der Waals surface area contributed by atoms with Crippen molar-refractivity contribution in [3.63, 3.8) is 0 Å². The van der Waals surface area contributed by atoms with Gasteiger partial charge in [-0.1, -0.05) is 23.7 Å². The van der Waals surface area contributed by atoms with E-state index in [2.05, 4.69) is 15.6 Å². The van der Waals surface area contributed by atoms with E-state index < -0.39 is 14.8 Å². The Hall–Kier alpha value is -2.46. The van der Waals surface area contributed by atoms with Crippen LogP contribution in [0.1, 0.15) is 23.7 Å². The van der Waals surface area contributed by atoms with Crippen LogP contribution in [0.5, 0.6) is 0 Å². The SMILES string of the molecule is Cc1nn([C@H]2CCS(=O)(=O)C2)c(Cl)c1/C=N\Nc1ccccc1[N+](=O)[O-]. The van der Waals surface area contributed by atoms with Crippen molar-refractivity contribution in [2.24, 2.45) is 5.10 Å². The fourth-order valence-electron chi connectivity index (χ4n) is 2.78. The van der Waals surface area contributed by atoms with Crippen LogP contribution in [0, 0.1) is 17.0 Å². The molecule has 1 aliphatic heterocycles. The molecule has 0 radical (unpaired) electrons. The minimum atomic E-state index is -3.06. The van der Waals surface area contributed by atoms with Crippen LogP contribution in [0.3, 0.4) is 0 Å². The van der Waals surface area contributed by atoms with Gasteiger partial charge in [-0.2, -0.15) is 10.2 Å². The van der Waals surface area contributed by atoms with Crippen LogP contribution in [0.25, 0.3) is 0 Å². The zero-order chi connectivity index (χ0) is 18.9. The number of sulfone groups is 1. The van der Waals surface area contributed by atoms with Crippen molar-refractivity contribution < 1.29 is 13.3 Å². The Morgan fingerprint density at radius 3 is 2.85 bits per heavy atom. The van der Waals surface area contributed by atoms with Gasteiger partial charge in [0.2, 0.25) is 0 Å². The highest BCUT2D eigenvalue weighted by Crippen LogP contribution is 2.29. The van der Waals surface area contributed by atoms with Gasteiger partial charge in [-0.3, -0.25) is 15.5 Å². The summed E-state index contributed by atoms with van der Waals surface area (Å²) >= 11 is 6.34. The third-order valence-electron chi connectivity index (χ3n) is 4.10. The molecule has 11 heteroatoms. The zero-order valence-electron chi connectivity index (χ0n) is 13.8. The Kier molecular flexibility index (Phi) is 4.97. The lowest BCUT2D eigenvalue weighted by molar-refractivity contribution is -0.384. The van der Waals surface area contributed by atoms with Crippen LogP contribution in [-0.4, -0.2) is 40.8 Å². The number of nitrogens with zero attached hydrogens (tertiary/aromatic N) is 4. The van der Waals surface area contributed by atoms with Crippen LogP contribution in [-0.2, 0) is 9.84 Å². The van der Waals surface area contributed by atoms with Crippen LogP contribution >= 0.6 is 11.6 Å².